The van der Waals surface area contributed by atoms with Crippen molar-refractivity contribution in [1.82, 2.24) is 0 Å². The summed E-state index contributed by atoms with van der Waals surface area (Å²) in [4.78, 5) is 22.0. The number of hydrogen-bond acceptors (Lipinski definition) is 3. The van der Waals surface area contributed by atoms with Crippen LogP contribution in [0, 0.1) is 11.8 Å². The van der Waals surface area contributed by atoms with Crippen molar-refractivity contribution in [2.24, 2.45) is 11.8 Å². The van der Waals surface area contributed by atoms with E-state index in [1.54, 1.807) is 0 Å². The molecule has 0 fully saturated rings. The standard InChI is InChI=1S/C18H34O3/c1-5-6-7-8-9-10-15(2)13-16(3)11-12-21-18(20)14-17(4)19/h15-16H,5-14H2,1-4H3. The molecule has 2 unspecified atom stereocenters. The van der Waals surface area contributed by atoms with Gasteiger partial charge in [0.25, 0.3) is 0 Å². The third kappa shape index (κ3) is 13.9. The van der Waals surface area contributed by atoms with Crippen LogP contribution in [0.4, 0.5) is 0 Å². The van der Waals surface area contributed by atoms with Crippen molar-refractivity contribution >= 4 is 11.8 Å². The average molecular weight is 298 g/mol. The SMILES string of the molecule is CCCCCCCC(C)CC(C)CCOC(=O)CC(C)=O. The lowest BCUT2D eigenvalue weighted by Gasteiger charge is -2.17. The minimum Gasteiger partial charge on any atom is -0.465 e. The maximum atomic E-state index is 11.2. The van der Waals surface area contributed by atoms with Gasteiger partial charge in [0.15, 0.2) is 0 Å². The van der Waals surface area contributed by atoms with Crippen molar-refractivity contribution in [2.75, 3.05) is 6.61 Å². The second-order valence-corrected chi connectivity index (χ2v) is 6.54. The molecule has 0 radical (unpaired) electrons. The quantitative estimate of drug-likeness (QED) is 0.275. The molecular weight excluding hydrogens is 264 g/mol. The zero-order valence-electron chi connectivity index (χ0n) is 14.5. The molecule has 0 saturated heterocycles. The van der Waals surface area contributed by atoms with Crippen LogP contribution < -0.4 is 0 Å². The van der Waals surface area contributed by atoms with Gasteiger partial charge in [0.05, 0.1) is 6.61 Å². The lowest BCUT2D eigenvalue weighted by molar-refractivity contribution is -0.146. The Morgan fingerprint density at radius 3 is 2.19 bits per heavy atom. The summed E-state index contributed by atoms with van der Waals surface area (Å²) in [6.07, 6.45) is 10.0. The number of carbonyl (C=O) groups excluding carboxylic acids is 2. The minimum atomic E-state index is -0.390. The van der Waals surface area contributed by atoms with Gasteiger partial charge in [-0.05, 0) is 31.6 Å². The predicted octanol–water partition coefficient (Wildman–Crippen LogP) is 4.92. The van der Waals surface area contributed by atoms with Gasteiger partial charge in [-0.2, -0.15) is 0 Å². The summed E-state index contributed by atoms with van der Waals surface area (Å²) >= 11 is 0. The first-order valence-electron chi connectivity index (χ1n) is 8.60. The molecule has 3 nitrogen and oxygen atoms in total. The van der Waals surface area contributed by atoms with Crippen molar-refractivity contribution in [3.8, 4) is 0 Å². The molecular formula is C18H34O3. The van der Waals surface area contributed by atoms with Crippen LogP contribution in [0.1, 0.15) is 85.5 Å². The molecule has 3 heteroatoms. The molecule has 0 aliphatic carbocycles. The highest BCUT2D eigenvalue weighted by Crippen LogP contribution is 2.20. The third-order valence-electron chi connectivity index (χ3n) is 3.87. The van der Waals surface area contributed by atoms with Crippen molar-refractivity contribution in [3.63, 3.8) is 0 Å². The molecule has 0 bridgehead atoms. The molecule has 0 aromatic carbocycles. The molecule has 0 aliphatic rings. The van der Waals surface area contributed by atoms with Crippen LogP contribution in [0.15, 0.2) is 0 Å². The van der Waals surface area contributed by atoms with E-state index in [4.69, 9.17) is 4.74 Å². The second-order valence-electron chi connectivity index (χ2n) is 6.54. The van der Waals surface area contributed by atoms with Crippen LogP contribution in [-0.4, -0.2) is 18.4 Å². The van der Waals surface area contributed by atoms with Crippen LogP contribution in [0.5, 0.6) is 0 Å². The number of rotatable bonds is 13. The number of ether oxygens (including phenoxy) is 1. The smallest absolute Gasteiger partial charge is 0.313 e. The normalized spacial score (nSPS) is 13.7. The van der Waals surface area contributed by atoms with Crippen LogP contribution in [0.2, 0.25) is 0 Å². The van der Waals surface area contributed by atoms with E-state index in [1.165, 1.54) is 51.9 Å². The van der Waals surface area contributed by atoms with E-state index < -0.39 is 5.97 Å². The molecule has 2 atom stereocenters. The van der Waals surface area contributed by atoms with E-state index in [2.05, 4.69) is 20.8 Å². The van der Waals surface area contributed by atoms with Gasteiger partial charge >= 0.3 is 5.97 Å². The lowest BCUT2D eigenvalue weighted by Crippen LogP contribution is -2.12. The predicted molar refractivity (Wildman–Crippen MR) is 87.2 cm³/mol. The molecule has 0 aromatic heterocycles. The maximum Gasteiger partial charge on any atom is 0.313 e. The van der Waals surface area contributed by atoms with E-state index >= 15 is 0 Å². The van der Waals surface area contributed by atoms with Gasteiger partial charge in [0.2, 0.25) is 0 Å². The van der Waals surface area contributed by atoms with E-state index in [0.29, 0.717) is 12.5 Å². The molecule has 0 N–H and O–H groups in total. The minimum absolute atomic E-state index is 0.0947. The Morgan fingerprint density at radius 1 is 0.952 bits per heavy atom. The van der Waals surface area contributed by atoms with Crippen molar-refractivity contribution in [3.05, 3.63) is 0 Å². The molecule has 0 rings (SSSR count). The monoisotopic (exact) mass is 298 g/mol. The van der Waals surface area contributed by atoms with E-state index in [1.807, 2.05) is 0 Å². The highest BCUT2D eigenvalue weighted by molar-refractivity contribution is 5.94. The molecule has 0 heterocycles. The average Bonchev–Trinajstić information content (AvgIpc) is 2.37. The number of carbonyl (C=O) groups is 2. The van der Waals surface area contributed by atoms with Crippen molar-refractivity contribution in [2.45, 2.75) is 85.5 Å². The van der Waals surface area contributed by atoms with Crippen LogP contribution in [0.25, 0.3) is 0 Å². The Balaban J connectivity index is 3.57. The summed E-state index contributed by atoms with van der Waals surface area (Å²) in [5.41, 5.74) is 0. The van der Waals surface area contributed by atoms with Crippen molar-refractivity contribution < 1.29 is 14.3 Å². The van der Waals surface area contributed by atoms with Gasteiger partial charge in [-0.3, -0.25) is 9.59 Å². The molecule has 0 aromatic rings. The third-order valence-corrected chi connectivity index (χ3v) is 3.87. The highest BCUT2D eigenvalue weighted by atomic mass is 16.5. The first kappa shape index (κ1) is 20.1. The summed E-state index contributed by atoms with van der Waals surface area (Å²) in [5.74, 6) is 0.790. The van der Waals surface area contributed by atoms with Crippen LogP contribution >= 0.6 is 0 Å². The van der Waals surface area contributed by atoms with Crippen LogP contribution in [0.3, 0.4) is 0 Å². The Labute approximate surface area is 130 Å². The number of esters is 1. The van der Waals surface area contributed by atoms with Gasteiger partial charge < -0.3 is 4.74 Å². The molecule has 0 aliphatic heterocycles. The molecule has 0 saturated carbocycles. The zero-order valence-corrected chi connectivity index (χ0v) is 14.5. The molecule has 0 spiro atoms. The fraction of sp³-hybridized carbons (Fsp3) is 0.889. The number of hydrogen-bond donors (Lipinski definition) is 0. The maximum absolute atomic E-state index is 11.2. The number of Topliss-reactive ketones (excluding diaryl/α,β-unsaturated/α-hetero) is 1. The Hall–Kier alpha value is -0.860. The van der Waals surface area contributed by atoms with Gasteiger partial charge in [-0.15, -0.1) is 0 Å². The van der Waals surface area contributed by atoms with E-state index in [0.717, 1.165) is 12.3 Å². The Kier molecular flexibility index (Phi) is 12.3. The first-order valence-corrected chi connectivity index (χ1v) is 8.60. The van der Waals surface area contributed by atoms with Crippen molar-refractivity contribution in [1.29, 1.82) is 0 Å². The fourth-order valence-corrected chi connectivity index (χ4v) is 2.65. The molecule has 21 heavy (non-hydrogen) atoms. The summed E-state index contributed by atoms with van der Waals surface area (Å²) < 4.78 is 5.07. The highest BCUT2D eigenvalue weighted by Gasteiger charge is 2.11. The van der Waals surface area contributed by atoms with Gasteiger partial charge in [-0.25, -0.2) is 0 Å². The zero-order chi connectivity index (χ0) is 16.1. The summed E-state index contributed by atoms with van der Waals surface area (Å²) in [5, 5.41) is 0. The van der Waals surface area contributed by atoms with E-state index in [-0.39, 0.29) is 12.2 Å². The van der Waals surface area contributed by atoms with Gasteiger partial charge in [-0.1, -0.05) is 59.3 Å². The van der Waals surface area contributed by atoms with E-state index in [9.17, 15) is 9.59 Å². The van der Waals surface area contributed by atoms with Crippen LogP contribution in [-0.2, 0) is 14.3 Å². The number of ketones is 1. The second kappa shape index (κ2) is 12.8. The summed E-state index contributed by atoms with van der Waals surface area (Å²) in [7, 11) is 0. The Bertz CT molecular complexity index is 286. The largest absolute Gasteiger partial charge is 0.465 e. The first-order chi connectivity index (χ1) is 9.95. The summed E-state index contributed by atoms with van der Waals surface area (Å²) in [6, 6.07) is 0. The Morgan fingerprint density at radius 2 is 1.57 bits per heavy atom. The number of unbranched alkanes of at least 4 members (excludes halogenated alkanes) is 4. The molecule has 0 amide bonds. The summed E-state index contributed by atoms with van der Waals surface area (Å²) in [6.45, 7) is 8.63. The molecule has 124 valence electrons. The fourth-order valence-electron chi connectivity index (χ4n) is 2.65. The van der Waals surface area contributed by atoms with Gasteiger partial charge in [0, 0.05) is 0 Å². The topological polar surface area (TPSA) is 43.4 Å². The van der Waals surface area contributed by atoms with Gasteiger partial charge in [0.1, 0.15) is 12.2 Å². The lowest BCUT2D eigenvalue weighted by atomic mass is 9.91.